The van der Waals surface area contributed by atoms with E-state index >= 15 is 0 Å². The van der Waals surface area contributed by atoms with Gasteiger partial charge in [-0.15, -0.1) is 0 Å². The maximum absolute atomic E-state index is 13.9. The summed E-state index contributed by atoms with van der Waals surface area (Å²) in [4.78, 5) is 22.8. The minimum atomic E-state index is -5.16. The first-order valence-corrected chi connectivity index (χ1v) is 10.3. The lowest BCUT2D eigenvalue weighted by atomic mass is 9.98. The molecule has 1 fully saturated rings. The predicted octanol–water partition coefficient (Wildman–Crippen LogP) is 6.11. The molecule has 2 aliphatic rings. The molecule has 1 aliphatic heterocycles. The van der Waals surface area contributed by atoms with Crippen molar-refractivity contribution >= 4 is 23.5 Å². The molecule has 32 heavy (non-hydrogen) atoms. The second kappa shape index (κ2) is 8.18. The van der Waals surface area contributed by atoms with Crippen molar-refractivity contribution < 1.29 is 31.5 Å². The van der Waals surface area contributed by atoms with Crippen LogP contribution in [-0.4, -0.2) is 22.1 Å². The van der Waals surface area contributed by atoms with Crippen molar-refractivity contribution in [1.29, 1.82) is 0 Å². The Labute approximate surface area is 180 Å². The molecule has 1 atom stereocenters. The zero-order valence-corrected chi connectivity index (χ0v) is 17.3. The molecule has 2 heterocycles. The Morgan fingerprint density at radius 1 is 1.16 bits per heavy atom. The van der Waals surface area contributed by atoms with Gasteiger partial charge >= 0.3 is 12.3 Å². The first-order chi connectivity index (χ1) is 15.1. The lowest BCUT2D eigenvalue weighted by Gasteiger charge is -2.37. The number of amides is 1. The summed E-state index contributed by atoms with van der Waals surface area (Å²) in [6.07, 6.45) is -1.32. The highest BCUT2D eigenvalue weighted by Gasteiger charge is 2.41. The summed E-state index contributed by atoms with van der Waals surface area (Å²) in [5.74, 6) is -3.34. The molecule has 6 nitrogen and oxygen atoms in total. The number of hydrogen-bond acceptors (Lipinski definition) is 5. The third-order valence-corrected chi connectivity index (χ3v) is 5.63. The SMILES string of the molecule is CC(C)C1OC(=O)N(C2CCCC2)c2nc(Nc3cc(F)c(C(F)(F)F)c(F)c3)ncc21. The Hall–Kier alpha value is -2.98. The van der Waals surface area contributed by atoms with E-state index in [1.807, 2.05) is 13.8 Å². The molecule has 1 aliphatic carbocycles. The van der Waals surface area contributed by atoms with Crippen LogP contribution in [0.1, 0.15) is 56.8 Å². The lowest BCUT2D eigenvalue weighted by Crippen LogP contribution is -2.45. The van der Waals surface area contributed by atoms with E-state index < -0.39 is 35.6 Å². The minimum Gasteiger partial charge on any atom is -0.440 e. The van der Waals surface area contributed by atoms with E-state index in [0.717, 1.165) is 25.7 Å². The molecule has 4 rings (SSSR count). The number of anilines is 3. The molecule has 1 saturated carbocycles. The van der Waals surface area contributed by atoms with Crippen molar-refractivity contribution in [3.05, 3.63) is 41.1 Å². The normalized spacial score (nSPS) is 19.3. The molecule has 1 N–H and O–H groups in total. The van der Waals surface area contributed by atoms with Crippen molar-refractivity contribution in [2.75, 3.05) is 10.2 Å². The van der Waals surface area contributed by atoms with Crippen molar-refractivity contribution in [3.63, 3.8) is 0 Å². The summed E-state index contributed by atoms with van der Waals surface area (Å²) >= 11 is 0. The highest BCUT2D eigenvalue weighted by atomic mass is 19.4. The Kier molecular flexibility index (Phi) is 5.68. The van der Waals surface area contributed by atoms with Gasteiger partial charge in [-0.2, -0.15) is 18.2 Å². The molecular formula is C21H21F5N4O2. The summed E-state index contributed by atoms with van der Waals surface area (Å²) in [5.41, 5.74) is -1.66. The molecule has 1 amide bonds. The molecule has 1 unspecified atom stereocenters. The van der Waals surface area contributed by atoms with Crippen molar-refractivity contribution in [3.8, 4) is 0 Å². The van der Waals surface area contributed by atoms with Gasteiger partial charge in [0, 0.05) is 17.9 Å². The monoisotopic (exact) mass is 456 g/mol. The first kappa shape index (κ1) is 22.2. The van der Waals surface area contributed by atoms with Crippen LogP contribution in [-0.2, 0) is 10.9 Å². The Morgan fingerprint density at radius 3 is 2.34 bits per heavy atom. The van der Waals surface area contributed by atoms with E-state index in [0.29, 0.717) is 23.5 Å². The molecule has 0 spiro atoms. The molecule has 0 bridgehead atoms. The number of hydrogen-bond donors (Lipinski definition) is 1. The van der Waals surface area contributed by atoms with Crippen LogP contribution in [0.25, 0.3) is 0 Å². The second-order valence-corrected chi connectivity index (χ2v) is 8.27. The van der Waals surface area contributed by atoms with Crippen LogP contribution < -0.4 is 10.2 Å². The van der Waals surface area contributed by atoms with Gasteiger partial charge in [-0.1, -0.05) is 26.7 Å². The van der Waals surface area contributed by atoms with Crippen LogP contribution in [0.15, 0.2) is 18.3 Å². The molecule has 11 heteroatoms. The predicted molar refractivity (Wildman–Crippen MR) is 105 cm³/mol. The number of aromatic nitrogens is 2. The topological polar surface area (TPSA) is 67.3 Å². The number of nitrogens with zero attached hydrogens (tertiary/aromatic N) is 3. The average molecular weight is 456 g/mol. The highest BCUT2D eigenvalue weighted by molar-refractivity contribution is 5.90. The minimum absolute atomic E-state index is 0.0519. The van der Waals surface area contributed by atoms with Crippen molar-refractivity contribution in [2.45, 2.75) is 57.9 Å². The number of cyclic esters (lactones) is 1. The first-order valence-electron chi connectivity index (χ1n) is 10.3. The number of alkyl halides is 3. The highest BCUT2D eigenvalue weighted by Crippen LogP contribution is 2.41. The summed E-state index contributed by atoms with van der Waals surface area (Å²) < 4.78 is 71.9. The number of ether oxygens (including phenoxy) is 1. The van der Waals surface area contributed by atoms with Crippen LogP contribution in [0, 0.1) is 17.6 Å². The van der Waals surface area contributed by atoms with E-state index in [2.05, 4.69) is 15.3 Å². The Bertz CT molecular complexity index is 1010. The molecular weight excluding hydrogens is 435 g/mol. The van der Waals surface area contributed by atoms with Crippen LogP contribution in [0.5, 0.6) is 0 Å². The fourth-order valence-electron chi connectivity index (χ4n) is 4.18. The zero-order valence-electron chi connectivity index (χ0n) is 17.3. The van der Waals surface area contributed by atoms with Crippen molar-refractivity contribution in [1.82, 2.24) is 9.97 Å². The third kappa shape index (κ3) is 4.07. The van der Waals surface area contributed by atoms with Crippen LogP contribution in [0.4, 0.5) is 44.2 Å². The van der Waals surface area contributed by atoms with Gasteiger partial charge in [-0.05, 0) is 30.9 Å². The molecule has 2 aromatic rings. The van der Waals surface area contributed by atoms with Gasteiger partial charge in [0.15, 0.2) is 5.82 Å². The van der Waals surface area contributed by atoms with Gasteiger partial charge < -0.3 is 10.1 Å². The summed E-state index contributed by atoms with van der Waals surface area (Å²) in [6.45, 7) is 3.76. The maximum atomic E-state index is 13.9. The number of fused-ring (bicyclic) bond motifs is 1. The van der Waals surface area contributed by atoms with Gasteiger partial charge in [-0.3, -0.25) is 4.90 Å². The fourth-order valence-corrected chi connectivity index (χ4v) is 4.18. The standard InChI is InChI=1S/C21H21F5N4O2/c1-10(2)17-13-9-27-19(28-11-7-14(22)16(15(23)8-11)21(24,25)26)29-18(13)30(20(31)32-17)12-5-3-4-6-12/h7-10,12,17H,3-6H2,1-2H3,(H,27,28,29). The number of carbonyl (C=O) groups excluding carboxylic acids is 1. The maximum Gasteiger partial charge on any atom is 0.422 e. The second-order valence-electron chi connectivity index (χ2n) is 8.27. The lowest BCUT2D eigenvalue weighted by molar-refractivity contribution is -0.142. The average Bonchev–Trinajstić information content (AvgIpc) is 3.19. The van der Waals surface area contributed by atoms with Crippen molar-refractivity contribution in [2.24, 2.45) is 5.92 Å². The summed E-state index contributed by atoms with van der Waals surface area (Å²) in [7, 11) is 0. The Balaban J connectivity index is 1.71. The van der Waals surface area contributed by atoms with E-state index in [1.165, 1.54) is 11.1 Å². The number of benzene rings is 1. The number of rotatable bonds is 4. The summed E-state index contributed by atoms with van der Waals surface area (Å²) in [6, 6.07) is 0.946. The smallest absolute Gasteiger partial charge is 0.422 e. The number of carbonyl (C=O) groups is 1. The van der Waals surface area contributed by atoms with Crippen LogP contribution in [0.3, 0.4) is 0 Å². The van der Waals surface area contributed by atoms with Gasteiger partial charge in [0.25, 0.3) is 0 Å². The largest absolute Gasteiger partial charge is 0.440 e. The van der Waals surface area contributed by atoms with E-state index in [-0.39, 0.29) is 23.6 Å². The molecule has 172 valence electrons. The summed E-state index contributed by atoms with van der Waals surface area (Å²) in [5, 5.41) is 2.54. The van der Waals surface area contributed by atoms with Crippen LogP contribution >= 0.6 is 0 Å². The van der Waals surface area contributed by atoms with E-state index in [9.17, 15) is 26.7 Å². The molecule has 1 aromatic carbocycles. The zero-order chi connectivity index (χ0) is 23.2. The fraction of sp³-hybridized carbons (Fsp3) is 0.476. The third-order valence-electron chi connectivity index (χ3n) is 5.63. The number of nitrogens with one attached hydrogen (secondary N) is 1. The quantitative estimate of drug-likeness (QED) is 0.562. The van der Waals surface area contributed by atoms with Crippen LogP contribution in [0.2, 0.25) is 0 Å². The van der Waals surface area contributed by atoms with E-state index in [1.54, 1.807) is 0 Å². The molecule has 0 saturated heterocycles. The van der Waals surface area contributed by atoms with Gasteiger partial charge in [0.05, 0.1) is 5.56 Å². The van der Waals surface area contributed by atoms with Gasteiger partial charge in [0.1, 0.15) is 23.3 Å². The molecule has 1 aromatic heterocycles. The Morgan fingerprint density at radius 2 is 1.78 bits per heavy atom. The van der Waals surface area contributed by atoms with Gasteiger partial charge in [0.2, 0.25) is 5.95 Å². The number of halogens is 5. The van der Waals surface area contributed by atoms with Gasteiger partial charge in [-0.25, -0.2) is 18.6 Å². The molecule has 0 radical (unpaired) electrons. The van der Waals surface area contributed by atoms with E-state index in [4.69, 9.17) is 4.74 Å².